The van der Waals surface area contributed by atoms with Crippen LogP contribution in [0.25, 0.3) is 5.69 Å². The monoisotopic (exact) mass is 413 g/mol. The Morgan fingerprint density at radius 1 is 1.06 bits per heavy atom. The van der Waals surface area contributed by atoms with E-state index >= 15 is 0 Å². The molecule has 2 heterocycles. The van der Waals surface area contributed by atoms with E-state index in [2.05, 4.69) is 20.6 Å². The van der Waals surface area contributed by atoms with Crippen molar-refractivity contribution in [3.63, 3.8) is 0 Å². The Balaban J connectivity index is 1.32. The normalized spacial score (nSPS) is 10.5. The van der Waals surface area contributed by atoms with Crippen LogP contribution in [-0.2, 0) is 13.2 Å². The van der Waals surface area contributed by atoms with E-state index in [4.69, 9.17) is 4.74 Å². The van der Waals surface area contributed by atoms with Crippen molar-refractivity contribution in [2.75, 3.05) is 5.32 Å². The number of ether oxygens (including phenoxy) is 1. The van der Waals surface area contributed by atoms with Crippen LogP contribution in [0.5, 0.6) is 5.75 Å². The maximum absolute atomic E-state index is 12.1. The fourth-order valence-electron chi connectivity index (χ4n) is 3.09. The van der Waals surface area contributed by atoms with Crippen LogP contribution in [0.2, 0.25) is 0 Å². The highest BCUT2D eigenvalue weighted by Crippen LogP contribution is 2.20. The molecule has 7 nitrogen and oxygen atoms in total. The van der Waals surface area contributed by atoms with Crippen molar-refractivity contribution >= 4 is 11.7 Å². The van der Waals surface area contributed by atoms with E-state index in [1.807, 2.05) is 78.4 Å². The number of aryl methyl sites for hydroxylation is 1. The zero-order valence-electron chi connectivity index (χ0n) is 17.2. The highest BCUT2D eigenvalue weighted by molar-refractivity contribution is 5.89. The van der Waals surface area contributed by atoms with Crippen LogP contribution in [0.3, 0.4) is 0 Å². The second kappa shape index (κ2) is 9.58. The van der Waals surface area contributed by atoms with Gasteiger partial charge in [-0.1, -0.05) is 24.3 Å². The number of hydrogen-bond donors (Lipinski definition) is 2. The van der Waals surface area contributed by atoms with E-state index in [9.17, 15) is 4.79 Å². The molecule has 0 saturated heterocycles. The zero-order valence-corrected chi connectivity index (χ0v) is 17.2. The van der Waals surface area contributed by atoms with Crippen molar-refractivity contribution in [1.82, 2.24) is 19.9 Å². The van der Waals surface area contributed by atoms with E-state index in [1.54, 1.807) is 18.7 Å². The second-order valence-electron chi connectivity index (χ2n) is 7.03. The molecular formula is C24H23N5O2. The van der Waals surface area contributed by atoms with Gasteiger partial charge in [0.15, 0.2) is 0 Å². The van der Waals surface area contributed by atoms with E-state index in [-0.39, 0.29) is 6.03 Å². The van der Waals surface area contributed by atoms with Crippen LogP contribution < -0.4 is 15.4 Å². The Bertz CT molecular complexity index is 1140. The van der Waals surface area contributed by atoms with Crippen molar-refractivity contribution in [1.29, 1.82) is 0 Å². The number of anilines is 1. The number of imidazole rings is 1. The summed E-state index contributed by atoms with van der Waals surface area (Å²) < 4.78 is 7.95. The summed E-state index contributed by atoms with van der Waals surface area (Å²) in [5, 5.41) is 5.61. The van der Waals surface area contributed by atoms with Gasteiger partial charge in [-0.05, 0) is 48.9 Å². The van der Waals surface area contributed by atoms with Gasteiger partial charge in [-0.15, -0.1) is 0 Å². The lowest BCUT2D eigenvalue weighted by atomic mass is 10.2. The summed E-state index contributed by atoms with van der Waals surface area (Å²) in [4.78, 5) is 20.4. The summed E-state index contributed by atoms with van der Waals surface area (Å²) in [6.45, 7) is 2.80. The molecule has 2 N–H and O–H groups in total. The number of para-hydroxylation sites is 1. The van der Waals surface area contributed by atoms with Crippen molar-refractivity contribution in [3.8, 4) is 11.4 Å². The number of rotatable bonds is 7. The molecule has 7 heteroatoms. The summed E-state index contributed by atoms with van der Waals surface area (Å²) >= 11 is 0. The fraction of sp³-hybridized carbons (Fsp3) is 0.125. The fourth-order valence-corrected chi connectivity index (χ4v) is 3.09. The maximum atomic E-state index is 12.1. The SMILES string of the molecule is Cc1cn(-c2ccccc2COc2ccc(NC(=O)NCc3cccnc3)cc2)cn1. The highest BCUT2D eigenvalue weighted by Gasteiger charge is 2.07. The number of nitrogens with zero attached hydrogens (tertiary/aromatic N) is 3. The topological polar surface area (TPSA) is 81.1 Å². The molecular weight excluding hydrogens is 390 g/mol. The standard InChI is InChI=1S/C24H23N5O2/c1-18-15-29(17-27-18)23-7-3-2-6-20(23)16-31-22-10-8-21(9-11-22)28-24(30)26-14-19-5-4-12-25-13-19/h2-13,15,17H,14,16H2,1H3,(H2,26,28,30). The summed E-state index contributed by atoms with van der Waals surface area (Å²) in [6, 6.07) is 18.8. The van der Waals surface area contributed by atoms with E-state index in [0.29, 0.717) is 18.8 Å². The van der Waals surface area contributed by atoms with Crippen LogP contribution in [0.4, 0.5) is 10.5 Å². The number of amides is 2. The number of carbonyl (C=O) groups is 1. The molecule has 2 aromatic carbocycles. The van der Waals surface area contributed by atoms with E-state index in [1.165, 1.54) is 0 Å². The number of urea groups is 1. The van der Waals surface area contributed by atoms with Gasteiger partial charge in [-0.2, -0.15) is 0 Å². The number of carbonyl (C=O) groups excluding carboxylic acids is 1. The van der Waals surface area contributed by atoms with Gasteiger partial charge >= 0.3 is 6.03 Å². The maximum Gasteiger partial charge on any atom is 0.319 e. The van der Waals surface area contributed by atoms with Crippen LogP contribution in [0.15, 0.2) is 85.6 Å². The molecule has 0 aliphatic carbocycles. The number of benzene rings is 2. The third kappa shape index (κ3) is 5.48. The molecule has 2 aromatic heterocycles. The quantitative estimate of drug-likeness (QED) is 0.468. The molecule has 0 fully saturated rings. The molecule has 0 aliphatic heterocycles. The molecule has 156 valence electrons. The van der Waals surface area contributed by atoms with Crippen LogP contribution >= 0.6 is 0 Å². The van der Waals surface area contributed by atoms with Gasteiger partial charge in [-0.25, -0.2) is 9.78 Å². The van der Waals surface area contributed by atoms with Crippen LogP contribution in [0, 0.1) is 6.92 Å². The van der Waals surface area contributed by atoms with E-state index < -0.39 is 0 Å². The summed E-state index contributed by atoms with van der Waals surface area (Å²) in [6.07, 6.45) is 7.20. The lowest BCUT2D eigenvalue weighted by Crippen LogP contribution is -2.28. The van der Waals surface area contributed by atoms with Crippen molar-refractivity contribution in [2.24, 2.45) is 0 Å². The van der Waals surface area contributed by atoms with Crippen molar-refractivity contribution in [2.45, 2.75) is 20.1 Å². The van der Waals surface area contributed by atoms with Gasteiger partial charge in [0.05, 0.1) is 17.7 Å². The van der Waals surface area contributed by atoms with Gasteiger partial charge in [0.2, 0.25) is 0 Å². The Hall–Kier alpha value is -4.13. The lowest BCUT2D eigenvalue weighted by Gasteiger charge is -2.12. The molecule has 2 amide bonds. The van der Waals surface area contributed by atoms with Crippen LogP contribution in [0.1, 0.15) is 16.8 Å². The molecule has 0 saturated carbocycles. The lowest BCUT2D eigenvalue weighted by molar-refractivity contribution is 0.251. The molecule has 0 radical (unpaired) electrons. The average Bonchev–Trinajstić information content (AvgIpc) is 3.24. The Kier molecular flexibility index (Phi) is 6.23. The predicted molar refractivity (Wildman–Crippen MR) is 119 cm³/mol. The Morgan fingerprint density at radius 3 is 2.65 bits per heavy atom. The third-order valence-electron chi connectivity index (χ3n) is 4.66. The molecule has 0 spiro atoms. The first kappa shape index (κ1) is 20.2. The third-order valence-corrected chi connectivity index (χ3v) is 4.66. The molecule has 31 heavy (non-hydrogen) atoms. The molecule has 0 unspecified atom stereocenters. The molecule has 0 bridgehead atoms. The summed E-state index contributed by atoms with van der Waals surface area (Å²) in [7, 11) is 0. The molecule has 0 aliphatic rings. The summed E-state index contributed by atoms with van der Waals surface area (Å²) in [5.41, 5.74) is 4.67. The minimum absolute atomic E-state index is 0.276. The van der Waals surface area contributed by atoms with Crippen LogP contribution in [-0.4, -0.2) is 20.6 Å². The molecule has 4 aromatic rings. The zero-order chi connectivity index (χ0) is 21.5. The van der Waals surface area contributed by atoms with Gasteiger partial charge < -0.3 is 19.9 Å². The minimum atomic E-state index is -0.276. The Morgan fingerprint density at radius 2 is 1.90 bits per heavy atom. The highest BCUT2D eigenvalue weighted by atomic mass is 16.5. The minimum Gasteiger partial charge on any atom is -0.489 e. The average molecular weight is 413 g/mol. The van der Waals surface area contributed by atoms with Gasteiger partial charge in [-0.3, -0.25) is 4.98 Å². The number of aromatic nitrogens is 3. The predicted octanol–water partition coefficient (Wildman–Crippen LogP) is 4.48. The first-order valence-electron chi connectivity index (χ1n) is 9.93. The second-order valence-corrected chi connectivity index (χ2v) is 7.03. The largest absolute Gasteiger partial charge is 0.489 e. The molecule has 4 rings (SSSR count). The number of hydrogen-bond acceptors (Lipinski definition) is 4. The number of pyridine rings is 1. The first-order valence-corrected chi connectivity index (χ1v) is 9.93. The van der Waals surface area contributed by atoms with Gasteiger partial charge in [0.1, 0.15) is 12.4 Å². The number of nitrogens with one attached hydrogen (secondary N) is 2. The Labute approximate surface area is 180 Å². The summed E-state index contributed by atoms with van der Waals surface area (Å²) in [5.74, 6) is 0.720. The van der Waals surface area contributed by atoms with Gasteiger partial charge in [0, 0.05) is 36.4 Å². The van der Waals surface area contributed by atoms with Crippen molar-refractivity contribution in [3.05, 3.63) is 102 Å². The van der Waals surface area contributed by atoms with E-state index in [0.717, 1.165) is 28.3 Å². The smallest absolute Gasteiger partial charge is 0.319 e. The van der Waals surface area contributed by atoms with Crippen molar-refractivity contribution < 1.29 is 9.53 Å². The molecule has 0 atom stereocenters. The first-order chi connectivity index (χ1) is 15.2. The van der Waals surface area contributed by atoms with Gasteiger partial charge in [0.25, 0.3) is 0 Å².